The third kappa shape index (κ3) is 2.40. The van der Waals surface area contributed by atoms with Gasteiger partial charge in [0.15, 0.2) is 0 Å². The van der Waals surface area contributed by atoms with Crippen LogP contribution in [0.4, 0.5) is 5.69 Å². The molecule has 0 fully saturated rings. The van der Waals surface area contributed by atoms with Gasteiger partial charge in [0.1, 0.15) is 0 Å². The highest BCUT2D eigenvalue weighted by molar-refractivity contribution is 6.06. The van der Waals surface area contributed by atoms with Crippen molar-refractivity contribution in [3.05, 3.63) is 99.7 Å². The van der Waals surface area contributed by atoms with Gasteiger partial charge >= 0.3 is 0 Å². The number of rotatable bonds is 2. The molecule has 4 aromatic rings. The molecule has 0 unspecified atom stereocenters. The summed E-state index contributed by atoms with van der Waals surface area (Å²) in [5, 5.41) is 11.4. The maximum Gasteiger partial charge on any atom is 0.276 e. The molecule has 1 aromatic heterocycles. The number of benzene rings is 3. The minimum Gasteiger partial charge on any atom is -0.258 e. The quantitative estimate of drug-likeness (QED) is 0.327. The van der Waals surface area contributed by atoms with E-state index in [0.29, 0.717) is 5.56 Å². The number of para-hydroxylation sites is 3. The Labute approximate surface area is 154 Å². The molecule has 1 aliphatic carbocycles. The molecule has 0 saturated heterocycles. The average molecular weight is 351 g/mol. The largest absolute Gasteiger partial charge is 0.276 e. The number of aromatic nitrogens is 2. The molecule has 128 valence electrons. The van der Waals surface area contributed by atoms with Gasteiger partial charge in [0.2, 0.25) is 0 Å². The number of nitro groups is 1. The highest BCUT2D eigenvalue weighted by atomic mass is 16.6. The lowest BCUT2D eigenvalue weighted by Gasteiger charge is -2.04. The first kappa shape index (κ1) is 15.4. The van der Waals surface area contributed by atoms with Crippen molar-refractivity contribution in [2.24, 2.45) is 0 Å². The van der Waals surface area contributed by atoms with Gasteiger partial charge in [-0.05, 0) is 29.8 Å². The van der Waals surface area contributed by atoms with E-state index in [9.17, 15) is 10.1 Å². The maximum atomic E-state index is 11.4. The zero-order valence-electron chi connectivity index (χ0n) is 14.2. The standard InChI is InChI=1S/C22H13N3O2/c26-25(27)20-12-6-1-7-14(20)13-17-15-8-2-3-9-16(15)21-22(17)24-19-11-5-4-10-18(19)23-21/h1-13H. The molecule has 27 heavy (non-hydrogen) atoms. The van der Waals surface area contributed by atoms with Crippen molar-refractivity contribution >= 4 is 28.4 Å². The predicted octanol–water partition coefficient (Wildman–Crippen LogP) is 5.11. The second kappa shape index (κ2) is 5.85. The summed E-state index contributed by atoms with van der Waals surface area (Å²) in [5.41, 5.74) is 6.67. The first-order chi connectivity index (χ1) is 13.2. The molecule has 1 aliphatic rings. The monoisotopic (exact) mass is 351 g/mol. The third-order valence-electron chi connectivity index (χ3n) is 4.73. The molecule has 3 aromatic carbocycles. The summed E-state index contributed by atoms with van der Waals surface area (Å²) in [7, 11) is 0. The lowest BCUT2D eigenvalue weighted by molar-refractivity contribution is -0.385. The molecular formula is C22H13N3O2. The summed E-state index contributed by atoms with van der Waals surface area (Å²) < 4.78 is 0. The van der Waals surface area contributed by atoms with Crippen molar-refractivity contribution in [3.8, 4) is 11.3 Å². The zero-order chi connectivity index (χ0) is 18.4. The van der Waals surface area contributed by atoms with Crippen LogP contribution < -0.4 is 0 Å². The molecule has 0 spiro atoms. The summed E-state index contributed by atoms with van der Waals surface area (Å²) in [6.07, 6.45) is 1.84. The van der Waals surface area contributed by atoms with E-state index in [2.05, 4.69) is 0 Å². The van der Waals surface area contributed by atoms with Crippen LogP contribution in [-0.2, 0) is 0 Å². The lowest BCUT2D eigenvalue weighted by Crippen LogP contribution is -1.94. The van der Waals surface area contributed by atoms with E-state index in [4.69, 9.17) is 9.97 Å². The fraction of sp³-hybridized carbons (Fsp3) is 0. The van der Waals surface area contributed by atoms with E-state index in [1.807, 2.05) is 54.6 Å². The Kier molecular flexibility index (Phi) is 3.33. The highest BCUT2D eigenvalue weighted by Crippen LogP contribution is 2.44. The molecule has 0 saturated carbocycles. The number of hydrogen-bond acceptors (Lipinski definition) is 4. The fourth-order valence-electron chi connectivity index (χ4n) is 3.51. The molecule has 5 rings (SSSR count). The molecule has 1 heterocycles. The molecule has 0 N–H and O–H groups in total. The average Bonchev–Trinajstić information content (AvgIpc) is 3.00. The van der Waals surface area contributed by atoms with Crippen LogP contribution >= 0.6 is 0 Å². The van der Waals surface area contributed by atoms with Crippen LogP contribution in [0.15, 0.2) is 72.8 Å². The Bertz CT molecular complexity index is 1260. The summed E-state index contributed by atoms with van der Waals surface area (Å²) >= 11 is 0. The fourth-order valence-corrected chi connectivity index (χ4v) is 3.51. The second-order valence-electron chi connectivity index (χ2n) is 6.33. The molecule has 0 radical (unpaired) electrons. The van der Waals surface area contributed by atoms with Gasteiger partial charge in [-0.1, -0.05) is 48.5 Å². The summed E-state index contributed by atoms with van der Waals surface area (Å²) in [6, 6.07) is 22.4. The zero-order valence-corrected chi connectivity index (χ0v) is 14.2. The van der Waals surface area contributed by atoms with Crippen molar-refractivity contribution in [1.29, 1.82) is 0 Å². The third-order valence-corrected chi connectivity index (χ3v) is 4.73. The first-order valence-electron chi connectivity index (χ1n) is 8.54. The van der Waals surface area contributed by atoms with Gasteiger partial charge in [-0.25, -0.2) is 9.97 Å². The van der Waals surface area contributed by atoms with Gasteiger partial charge < -0.3 is 0 Å². The van der Waals surface area contributed by atoms with E-state index in [1.54, 1.807) is 18.2 Å². The topological polar surface area (TPSA) is 68.9 Å². The number of nitrogens with zero attached hydrogens (tertiary/aromatic N) is 3. The minimum absolute atomic E-state index is 0.0738. The smallest absolute Gasteiger partial charge is 0.258 e. The Morgan fingerprint density at radius 2 is 1.33 bits per heavy atom. The van der Waals surface area contributed by atoms with Crippen LogP contribution in [-0.4, -0.2) is 14.9 Å². The Hall–Kier alpha value is -3.86. The van der Waals surface area contributed by atoms with Crippen molar-refractivity contribution in [2.45, 2.75) is 0 Å². The van der Waals surface area contributed by atoms with Crippen molar-refractivity contribution in [1.82, 2.24) is 9.97 Å². The molecule has 0 atom stereocenters. The molecule has 5 nitrogen and oxygen atoms in total. The minimum atomic E-state index is -0.361. The molecule has 0 aliphatic heterocycles. The first-order valence-corrected chi connectivity index (χ1v) is 8.54. The highest BCUT2D eigenvalue weighted by Gasteiger charge is 2.27. The molecular weight excluding hydrogens is 338 g/mol. The van der Waals surface area contributed by atoms with Crippen molar-refractivity contribution in [2.75, 3.05) is 0 Å². The molecule has 0 bridgehead atoms. The van der Waals surface area contributed by atoms with Gasteiger partial charge in [-0.15, -0.1) is 0 Å². The van der Waals surface area contributed by atoms with E-state index in [-0.39, 0.29) is 10.6 Å². The molecule has 5 heteroatoms. The number of fused-ring (bicyclic) bond motifs is 4. The Balaban J connectivity index is 1.82. The predicted molar refractivity (Wildman–Crippen MR) is 105 cm³/mol. The van der Waals surface area contributed by atoms with Crippen molar-refractivity contribution in [3.63, 3.8) is 0 Å². The Morgan fingerprint density at radius 1 is 0.741 bits per heavy atom. The normalized spacial score (nSPS) is 13.6. The van der Waals surface area contributed by atoms with Crippen molar-refractivity contribution < 1.29 is 4.92 Å². The van der Waals surface area contributed by atoms with Crippen LogP contribution in [0, 0.1) is 10.1 Å². The van der Waals surface area contributed by atoms with Crippen LogP contribution in [0.5, 0.6) is 0 Å². The van der Waals surface area contributed by atoms with Gasteiger partial charge in [0.25, 0.3) is 5.69 Å². The van der Waals surface area contributed by atoms with Crippen LogP contribution in [0.25, 0.3) is 33.9 Å². The molecule has 0 amide bonds. The van der Waals surface area contributed by atoms with E-state index in [0.717, 1.165) is 39.1 Å². The SMILES string of the molecule is O=[N+]([O-])c1ccccc1C=C1c2ccccc2-c2nc3ccccc3nc21. The maximum absolute atomic E-state index is 11.4. The summed E-state index contributed by atoms with van der Waals surface area (Å²) in [5.74, 6) is 0. The van der Waals surface area contributed by atoms with Gasteiger partial charge in [0, 0.05) is 17.2 Å². The van der Waals surface area contributed by atoms with Gasteiger partial charge in [-0.2, -0.15) is 0 Å². The van der Waals surface area contributed by atoms with Crippen LogP contribution in [0.2, 0.25) is 0 Å². The number of nitro benzene ring substituents is 1. The summed E-state index contributed by atoms with van der Waals surface area (Å²) in [4.78, 5) is 20.7. The van der Waals surface area contributed by atoms with E-state index in [1.165, 1.54) is 6.07 Å². The van der Waals surface area contributed by atoms with Crippen LogP contribution in [0.3, 0.4) is 0 Å². The lowest BCUT2D eigenvalue weighted by atomic mass is 10.0. The van der Waals surface area contributed by atoms with Gasteiger partial charge in [-0.3, -0.25) is 10.1 Å². The van der Waals surface area contributed by atoms with Crippen LogP contribution in [0.1, 0.15) is 16.8 Å². The van der Waals surface area contributed by atoms with Gasteiger partial charge in [0.05, 0.1) is 32.9 Å². The van der Waals surface area contributed by atoms with E-state index >= 15 is 0 Å². The number of hydrogen-bond donors (Lipinski definition) is 0. The Morgan fingerprint density at radius 3 is 2.07 bits per heavy atom. The summed E-state index contributed by atoms with van der Waals surface area (Å²) in [6.45, 7) is 0. The second-order valence-corrected chi connectivity index (χ2v) is 6.33. The van der Waals surface area contributed by atoms with E-state index < -0.39 is 0 Å².